The Bertz CT molecular complexity index is 692. The second-order valence-electron chi connectivity index (χ2n) is 5.82. The third kappa shape index (κ3) is 5.14. The Morgan fingerprint density at radius 2 is 2.16 bits per heavy atom. The summed E-state index contributed by atoms with van der Waals surface area (Å²) in [5, 5.41) is 4.09. The van der Waals surface area contributed by atoms with Crippen LogP contribution in [0.4, 0.5) is 0 Å². The molecule has 5 nitrogen and oxygen atoms in total. The highest BCUT2D eigenvalue weighted by Gasteiger charge is 2.30. The molecule has 0 bridgehead atoms. The number of thioether (sulfide) groups is 1. The average Bonchev–Trinajstić information content (AvgIpc) is 3.02. The lowest BCUT2D eigenvalue weighted by molar-refractivity contribution is -0.131. The Kier molecular flexibility index (Phi) is 7.62. The quantitative estimate of drug-likeness (QED) is 0.837. The topological polar surface area (TPSA) is 50.2 Å². The van der Waals surface area contributed by atoms with Gasteiger partial charge in [-0.3, -0.25) is 4.79 Å². The number of carbonyl (C=O) groups is 1. The monoisotopic (exact) mass is 400 g/mol. The number of aromatic nitrogens is 2. The number of piperazine rings is 1. The molecule has 1 amide bonds. The number of imidazole rings is 1. The predicted molar refractivity (Wildman–Crippen MR) is 105 cm³/mol. The van der Waals surface area contributed by atoms with Crippen LogP contribution in [-0.2, 0) is 17.6 Å². The van der Waals surface area contributed by atoms with E-state index in [4.69, 9.17) is 11.6 Å². The molecule has 1 atom stereocenters. The molecule has 3 rings (SSSR count). The molecule has 2 aromatic rings. The van der Waals surface area contributed by atoms with E-state index in [-0.39, 0.29) is 24.4 Å². The second kappa shape index (κ2) is 9.48. The molecular weight excluding hydrogens is 379 g/mol. The van der Waals surface area contributed by atoms with Crippen molar-refractivity contribution in [2.24, 2.45) is 7.05 Å². The van der Waals surface area contributed by atoms with Gasteiger partial charge < -0.3 is 14.8 Å². The van der Waals surface area contributed by atoms with Crippen LogP contribution in [0, 0.1) is 0 Å². The fourth-order valence-corrected chi connectivity index (χ4v) is 3.85. The lowest BCUT2D eigenvalue weighted by Gasteiger charge is -2.35. The minimum Gasteiger partial charge on any atom is -0.336 e. The summed E-state index contributed by atoms with van der Waals surface area (Å²) in [6, 6.07) is 7.77. The number of nitrogens with zero attached hydrogens (tertiary/aromatic N) is 3. The molecule has 2 heterocycles. The Hall–Kier alpha value is -1.21. The highest BCUT2D eigenvalue weighted by molar-refractivity contribution is 7.99. The number of benzene rings is 1. The van der Waals surface area contributed by atoms with E-state index >= 15 is 0 Å². The number of hydrogen-bond acceptors (Lipinski definition) is 4. The maximum Gasteiger partial charge on any atom is 0.233 e. The summed E-state index contributed by atoms with van der Waals surface area (Å²) in [7, 11) is 1.97. The Morgan fingerprint density at radius 3 is 2.84 bits per heavy atom. The summed E-state index contributed by atoms with van der Waals surface area (Å²) in [5.74, 6) is 2.38. The molecule has 1 aliphatic rings. The first kappa shape index (κ1) is 20.1. The van der Waals surface area contributed by atoms with Crippen molar-refractivity contribution in [2.45, 2.75) is 11.8 Å². The van der Waals surface area contributed by atoms with Crippen LogP contribution in [-0.4, -0.2) is 45.7 Å². The minimum absolute atomic E-state index is 0. The van der Waals surface area contributed by atoms with E-state index in [9.17, 15) is 4.79 Å². The van der Waals surface area contributed by atoms with Crippen LogP contribution >= 0.6 is 35.8 Å². The molecule has 1 saturated heterocycles. The van der Waals surface area contributed by atoms with Gasteiger partial charge in [0.05, 0.1) is 5.75 Å². The summed E-state index contributed by atoms with van der Waals surface area (Å²) < 4.78 is 1.98. The zero-order chi connectivity index (χ0) is 16.9. The highest BCUT2D eigenvalue weighted by Crippen LogP contribution is 2.22. The zero-order valence-electron chi connectivity index (χ0n) is 14.0. The number of hydrogen-bond donors (Lipinski definition) is 1. The van der Waals surface area contributed by atoms with Crippen LogP contribution in [0.2, 0.25) is 5.02 Å². The van der Waals surface area contributed by atoms with Crippen molar-refractivity contribution in [2.75, 3.05) is 25.4 Å². The van der Waals surface area contributed by atoms with Gasteiger partial charge >= 0.3 is 0 Å². The van der Waals surface area contributed by atoms with E-state index in [1.165, 1.54) is 5.56 Å². The maximum atomic E-state index is 12.7. The molecule has 1 aliphatic heterocycles. The number of rotatable bonds is 5. The molecule has 1 aromatic carbocycles. The summed E-state index contributed by atoms with van der Waals surface area (Å²) in [4.78, 5) is 19.0. The van der Waals surface area contributed by atoms with Gasteiger partial charge in [0.2, 0.25) is 5.91 Å². The van der Waals surface area contributed by atoms with Gasteiger partial charge in [0.15, 0.2) is 0 Å². The molecule has 1 unspecified atom stereocenters. The number of nitrogens with one attached hydrogen (secondary N) is 1. The van der Waals surface area contributed by atoms with E-state index in [1.54, 1.807) is 18.0 Å². The smallest absolute Gasteiger partial charge is 0.233 e. The van der Waals surface area contributed by atoms with E-state index < -0.39 is 0 Å². The van der Waals surface area contributed by atoms with Crippen LogP contribution in [0.1, 0.15) is 17.4 Å². The molecule has 136 valence electrons. The second-order valence-corrected chi connectivity index (χ2v) is 7.24. The predicted octanol–water partition coefficient (Wildman–Crippen LogP) is 2.90. The van der Waals surface area contributed by atoms with Crippen molar-refractivity contribution in [3.05, 3.63) is 53.1 Å². The lowest BCUT2D eigenvalue weighted by Crippen LogP contribution is -2.50. The van der Waals surface area contributed by atoms with Gasteiger partial charge in [0.1, 0.15) is 11.9 Å². The van der Waals surface area contributed by atoms with Crippen LogP contribution in [0.5, 0.6) is 0 Å². The minimum atomic E-state index is 0. The Morgan fingerprint density at radius 1 is 1.40 bits per heavy atom. The van der Waals surface area contributed by atoms with E-state index in [1.807, 2.05) is 47.0 Å². The standard InChI is InChI=1S/C17H21ClN4OS.ClH/c1-21-8-7-20-17(21)15-10-19-6-9-22(15)16(23)12-24-11-13-2-4-14(18)5-3-13;/h2-5,7-8,15,19H,6,9-12H2,1H3;1H. The average molecular weight is 401 g/mol. The largest absolute Gasteiger partial charge is 0.336 e. The normalized spacial score (nSPS) is 17.2. The molecule has 25 heavy (non-hydrogen) atoms. The van der Waals surface area contributed by atoms with Gasteiger partial charge in [0, 0.05) is 49.9 Å². The summed E-state index contributed by atoms with van der Waals surface area (Å²) in [5.41, 5.74) is 1.18. The number of halogens is 2. The fraction of sp³-hybridized carbons (Fsp3) is 0.412. The maximum absolute atomic E-state index is 12.7. The number of amides is 1. The van der Waals surface area contributed by atoms with Gasteiger partial charge in [0.25, 0.3) is 0 Å². The van der Waals surface area contributed by atoms with E-state index in [0.29, 0.717) is 5.75 Å². The first-order valence-electron chi connectivity index (χ1n) is 7.95. The molecule has 0 radical (unpaired) electrons. The summed E-state index contributed by atoms with van der Waals surface area (Å²) in [6.07, 6.45) is 3.70. The van der Waals surface area contributed by atoms with Crippen molar-refractivity contribution in [3.63, 3.8) is 0 Å². The SMILES string of the molecule is Cl.Cn1ccnc1C1CNCCN1C(=O)CSCc1ccc(Cl)cc1. The van der Waals surface area contributed by atoms with Gasteiger partial charge in [-0.25, -0.2) is 4.98 Å². The van der Waals surface area contributed by atoms with Gasteiger partial charge in [-0.1, -0.05) is 23.7 Å². The Labute approximate surface area is 163 Å². The van der Waals surface area contributed by atoms with E-state index in [0.717, 1.165) is 36.2 Å². The first-order chi connectivity index (χ1) is 11.6. The van der Waals surface area contributed by atoms with Crippen molar-refractivity contribution >= 4 is 41.7 Å². The van der Waals surface area contributed by atoms with Crippen molar-refractivity contribution in [1.82, 2.24) is 19.8 Å². The molecule has 8 heteroatoms. The highest BCUT2D eigenvalue weighted by atomic mass is 35.5. The fourth-order valence-electron chi connectivity index (χ4n) is 2.85. The van der Waals surface area contributed by atoms with Crippen LogP contribution in [0.3, 0.4) is 0 Å². The van der Waals surface area contributed by atoms with Crippen LogP contribution < -0.4 is 5.32 Å². The summed E-state index contributed by atoms with van der Waals surface area (Å²) >= 11 is 7.53. The van der Waals surface area contributed by atoms with Gasteiger partial charge in [-0.05, 0) is 17.7 Å². The molecule has 1 fully saturated rings. The molecular formula is C17H22Cl2N4OS. The molecule has 0 aliphatic carbocycles. The van der Waals surface area contributed by atoms with Crippen LogP contribution in [0.25, 0.3) is 0 Å². The molecule has 0 spiro atoms. The van der Waals surface area contributed by atoms with Gasteiger partial charge in [-0.2, -0.15) is 0 Å². The molecule has 1 N–H and O–H groups in total. The van der Waals surface area contributed by atoms with Crippen molar-refractivity contribution in [1.29, 1.82) is 0 Å². The molecule has 1 aromatic heterocycles. The number of carbonyl (C=O) groups excluding carboxylic acids is 1. The zero-order valence-corrected chi connectivity index (χ0v) is 16.4. The van der Waals surface area contributed by atoms with Crippen molar-refractivity contribution in [3.8, 4) is 0 Å². The van der Waals surface area contributed by atoms with E-state index in [2.05, 4.69) is 10.3 Å². The number of aryl methyl sites for hydroxylation is 1. The van der Waals surface area contributed by atoms with Crippen molar-refractivity contribution < 1.29 is 4.79 Å². The lowest BCUT2D eigenvalue weighted by atomic mass is 10.1. The molecule has 0 saturated carbocycles. The van der Waals surface area contributed by atoms with Gasteiger partial charge in [-0.15, -0.1) is 24.2 Å². The summed E-state index contributed by atoms with van der Waals surface area (Å²) in [6.45, 7) is 2.30. The third-order valence-electron chi connectivity index (χ3n) is 4.13. The Balaban J connectivity index is 0.00000225. The first-order valence-corrected chi connectivity index (χ1v) is 9.48. The third-order valence-corrected chi connectivity index (χ3v) is 5.37. The van der Waals surface area contributed by atoms with Crippen LogP contribution in [0.15, 0.2) is 36.7 Å².